The van der Waals surface area contributed by atoms with Gasteiger partial charge in [0.2, 0.25) is 5.91 Å². The molecule has 0 spiro atoms. The van der Waals surface area contributed by atoms with E-state index >= 15 is 0 Å². The fraction of sp³-hybridized carbons (Fsp3) is 0.227. The van der Waals surface area contributed by atoms with Gasteiger partial charge in [-0.05, 0) is 42.0 Å². The van der Waals surface area contributed by atoms with Crippen molar-refractivity contribution in [2.45, 2.75) is 6.42 Å². The van der Waals surface area contributed by atoms with Crippen molar-refractivity contribution >= 4 is 23.3 Å². The number of carbonyl (C=O) groups is 2. The lowest BCUT2D eigenvalue weighted by molar-refractivity contribution is -0.115. The van der Waals surface area contributed by atoms with Crippen LogP contribution in [-0.4, -0.2) is 47.9 Å². The van der Waals surface area contributed by atoms with Crippen LogP contribution in [0.4, 0.5) is 15.9 Å². The molecule has 0 aliphatic carbocycles. The molecule has 1 fully saturated rings. The molecule has 7 nitrogen and oxygen atoms in total. The first-order valence-electron chi connectivity index (χ1n) is 9.66. The summed E-state index contributed by atoms with van der Waals surface area (Å²) in [6, 6.07) is 12.9. The molecule has 30 heavy (non-hydrogen) atoms. The van der Waals surface area contributed by atoms with E-state index in [0.717, 1.165) is 11.4 Å². The van der Waals surface area contributed by atoms with Crippen molar-refractivity contribution in [3.63, 3.8) is 0 Å². The number of anilines is 2. The van der Waals surface area contributed by atoms with Crippen molar-refractivity contribution in [1.29, 1.82) is 0 Å². The van der Waals surface area contributed by atoms with Crippen LogP contribution in [0.5, 0.6) is 0 Å². The number of pyridine rings is 1. The molecule has 0 radical (unpaired) electrons. The lowest BCUT2D eigenvalue weighted by Gasteiger charge is -2.35. The number of rotatable bonds is 5. The van der Waals surface area contributed by atoms with Gasteiger partial charge >= 0.3 is 0 Å². The standard InChI is InChI=1S/C22H21FN4O3/c23-17-5-3-16(4-6-17)14-21(28)25-18-7-8-20(24-15-18)26-9-11-27(12-10-26)22(29)19-2-1-13-30-19/h1-8,13,15H,9-12,14H2,(H,25,28). The fourth-order valence-corrected chi connectivity index (χ4v) is 3.33. The Balaban J connectivity index is 1.29. The van der Waals surface area contributed by atoms with Crippen LogP contribution < -0.4 is 10.2 Å². The molecule has 1 aliphatic rings. The van der Waals surface area contributed by atoms with Crippen molar-refractivity contribution in [3.8, 4) is 0 Å². The lowest BCUT2D eigenvalue weighted by Crippen LogP contribution is -2.49. The van der Waals surface area contributed by atoms with Crippen molar-refractivity contribution in [1.82, 2.24) is 9.88 Å². The van der Waals surface area contributed by atoms with Crippen molar-refractivity contribution in [3.05, 3.63) is 78.1 Å². The highest BCUT2D eigenvalue weighted by Gasteiger charge is 2.24. The van der Waals surface area contributed by atoms with Crippen LogP contribution in [0.1, 0.15) is 16.1 Å². The average Bonchev–Trinajstić information content (AvgIpc) is 3.30. The van der Waals surface area contributed by atoms with E-state index in [1.165, 1.54) is 18.4 Å². The van der Waals surface area contributed by atoms with Crippen LogP contribution in [0.3, 0.4) is 0 Å². The molecule has 1 aliphatic heterocycles. The van der Waals surface area contributed by atoms with Crippen LogP contribution in [0, 0.1) is 5.82 Å². The molecule has 0 bridgehead atoms. The Morgan fingerprint density at radius 2 is 1.80 bits per heavy atom. The summed E-state index contributed by atoms with van der Waals surface area (Å²) in [4.78, 5) is 32.8. The van der Waals surface area contributed by atoms with E-state index in [9.17, 15) is 14.0 Å². The summed E-state index contributed by atoms with van der Waals surface area (Å²) in [6.45, 7) is 2.49. The van der Waals surface area contributed by atoms with Gasteiger partial charge in [0.1, 0.15) is 11.6 Å². The number of nitrogens with one attached hydrogen (secondary N) is 1. The highest BCUT2D eigenvalue weighted by molar-refractivity contribution is 5.92. The zero-order valence-corrected chi connectivity index (χ0v) is 16.3. The summed E-state index contributed by atoms with van der Waals surface area (Å²) < 4.78 is 18.1. The third kappa shape index (κ3) is 4.65. The molecular formula is C22H21FN4O3. The molecule has 1 N–H and O–H groups in total. The number of halogens is 1. The van der Waals surface area contributed by atoms with Gasteiger partial charge in [0.05, 0.1) is 24.6 Å². The van der Waals surface area contributed by atoms with Gasteiger partial charge in [-0.15, -0.1) is 0 Å². The van der Waals surface area contributed by atoms with Crippen molar-refractivity contribution in [2.24, 2.45) is 0 Å². The molecule has 0 saturated carbocycles. The normalized spacial score (nSPS) is 13.9. The first-order valence-corrected chi connectivity index (χ1v) is 9.66. The van der Waals surface area contributed by atoms with Crippen LogP contribution in [0.15, 0.2) is 65.4 Å². The predicted molar refractivity (Wildman–Crippen MR) is 110 cm³/mol. The summed E-state index contributed by atoms with van der Waals surface area (Å²) in [7, 11) is 0. The smallest absolute Gasteiger partial charge is 0.289 e. The topological polar surface area (TPSA) is 78.7 Å². The van der Waals surface area contributed by atoms with Gasteiger partial charge in [0.25, 0.3) is 5.91 Å². The van der Waals surface area contributed by atoms with E-state index in [-0.39, 0.29) is 24.1 Å². The summed E-state index contributed by atoms with van der Waals surface area (Å²) in [6.07, 6.45) is 3.26. The molecule has 1 saturated heterocycles. The Hall–Kier alpha value is -3.68. The van der Waals surface area contributed by atoms with Crippen LogP contribution >= 0.6 is 0 Å². The number of hydrogen-bond acceptors (Lipinski definition) is 5. The fourth-order valence-electron chi connectivity index (χ4n) is 3.33. The number of amides is 2. The zero-order chi connectivity index (χ0) is 20.9. The van der Waals surface area contributed by atoms with Crippen molar-refractivity contribution in [2.75, 3.05) is 36.4 Å². The second-order valence-corrected chi connectivity index (χ2v) is 7.01. The molecule has 0 atom stereocenters. The SMILES string of the molecule is O=C(Cc1ccc(F)cc1)Nc1ccc(N2CCN(C(=O)c3ccco3)CC2)nc1. The Bertz CT molecular complexity index is 996. The van der Waals surface area contributed by atoms with Gasteiger partial charge in [-0.2, -0.15) is 0 Å². The summed E-state index contributed by atoms with van der Waals surface area (Å²) >= 11 is 0. The first kappa shape index (κ1) is 19.6. The quantitative estimate of drug-likeness (QED) is 0.702. The molecule has 3 aromatic rings. The highest BCUT2D eigenvalue weighted by atomic mass is 19.1. The molecule has 2 amide bonds. The van der Waals surface area contributed by atoms with E-state index in [1.807, 2.05) is 6.07 Å². The van der Waals surface area contributed by atoms with Gasteiger partial charge in [-0.25, -0.2) is 9.37 Å². The minimum absolute atomic E-state index is 0.105. The van der Waals surface area contributed by atoms with Crippen LogP contribution in [-0.2, 0) is 11.2 Å². The minimum Gasteiger partial charge on any atom is -0.459 e. The maximum absolute atomic E-state index is 13.0. The lowest BCUT2D eigenvalue weighted by atomic mass is 10.1. The third-order valence-electron chi connectivity index (χ3n) is 4.93. The maximum atomic E-state index is 13.0. The number of benzene rings is 1. The number of aromatic nitrogens is 1. The van der Waals surface area contributed by atoms with Gasteiger partial charge in [-0.3, -0.25) is 9.59 Å². The molecule has 2 aromatic heterocycles. The third-order valence-corrected chi connectivity index (χ3v) is 4.93. The summed E-state index contributed by atoms with van der Waals surface area (Å²) in [5.74, 6) is 0.511. The number of piperazine rings is 1. The van der Waals surface area contributed by atoms with Crippen LogP contribution in [0.2, 0.25) is 0 Å². The molecule has 3 heterocycles. The maximum Gasteiger partial charge on any atom is 0.289 e. The highest BCUT2D eigenvalue weighted by Crippen LogP contribution is 2.18. The second kappa shape index (κ2) is 8.77. The number of carbonyl (C=O) groups excluding carboxylic acids is 2. The first-order chi connectivity index (χ1) is 14.6. The molecule has 4 rings (SSSR count). The zero-order valence-electron chi connectivity index (χ0n) is 16.3. The average molecular weight is 408 g/mol. The van der Waals surface area contributed by atoms with Crippen LogP contribution in [0.25, 0.3) is 0 Å². The monoisotopic (exact) mass is 408 g/mol. The van der Waals surface area contributed by atoms with E-state index < -0.39 is 0 Å². The Labute approximate surface area is 173 Å². The van der Waals surface area contributed by atoms with Gasteiger partial charge in [-0.1, -0.05) is 12.1 Å². The Morgan fingerprint density at radius 1 is 1.03 bits per heavy atom. The number of hydrogen-bond donors (Lipinski definition) is 1. The molecule has 1 aromatic carbocycles. The predicted octanol–water partition coefficient (Wildman–Crippen LogP) is 2.96. The second-order valence-electron chi connectivity index (χ2n) is 7.01. The van der Waals surface area contributed by atoms with E-state index in [0.29, 0.717) is 37.6 Å². The van der Waals surface area contributed by atoms with Gasteiger partial charge in [0.15, 0.2) is 5.76 Å². The van der Waals surface area contributed by atoms with E-state index in [1.54, 1.807) is 41.4 Å². The van der Waals surface area contributed by atoms with Gasteiger partial charge < -0.3 is 19.5 Å². The number of furan rings is 1. The largest absolute Gasteiger partial charge is 0.459 e. The molecule has 154 valence electrons. The molecule has 8 heteroatoms. The minimum atomic E-state index is -0.329. The molecular weight excluding hydrogens is 387 g/mol. The summed E-state index contributed by atoms with van der Waals surface area (Å²) in [5.41, 5.74) is 1.33. The van der Waals surface area contributed by atoms with Gasteiger partial charge in [0, 0.05) is 26.2 Å². The Kier molecular flexibility index (Phi) is 5.74. The van der Waals surface area contributed by atoms with E-state index in [2.05, 4.69) is 15.2 Å². The number of nitrogens with zero attached hydrogens (tertiary/aromatic N) is 3. The van der Waals surface area contributed by atoms with E-state index in [4.69, 9.17) is 4.42 Å². The Morgan fingerprint density at radius 3 is 2.43 bits per heavy atom. The molecule has 0 unspecified atom stereocenters. The summed E-state index contributed by atoms with van der Waals surface area (Å²) in [5, 5.41) is 2.80. The van der Waals surface area contributed by atoms with Crippen molar-refractivity contribution < 1.29 is 18.4 Å².